The molecule has 0 bridgehead atoms. The number of benzene rings is 1. The Labute approximate surface area is 196 Å². The Hall–Kier alpha value is 0.706. The maximum Gasteiger partial charge on any atom is 1.00 e. The van der Waals surface area contributed by atoms with Gasteiger partial charge < -0.3 is 9.84 Å². The predicted molar refractivity (Wildman–Crippen MR) is 96.6 cm³/mol. The number of rotatable bonds is 16. The second-order valence-corrected chi connectivity index (χ2v) is 6.58. The van der Waals surface area contributed by atoms with Crippen molar-refractivity contribution >= 4 is 0 Å². The fourth-order valence-corrected chi connectivity index (χ4v) is 2.94. The van der Waals surface area contributed by atoms with E-state index in [4.69, 9.17) is 4.74 Å². The van der Waals surface area contributed by atoms with E-state index in [9.17, 15) is 9.50 Å². The molecular weight excluding hydrogens is 342 g/mol. The molecule has 1 aromatic rings. The summed E-state index contributed by atoms with van der Waals surface area (Å²) in [6.45, 7) is 0.996. The van der Waals surface area contributed by atoms with Crippen LogP contribution in [0, 0.1) is 5.82 Å². The average Bonchev–Trinajstić information content (AvgIpc) is 2.60. The first-order chi connectivity index (χ1) is 11.8. The van der Waals surface area contributed by atoms with E-state index in [1.54, 1.807) is 12.1 Å². The van der Waals surface area contributed by atoms with Gasteiger partial charge in [0.05, 0.1) is 0 Å². The van der Waals surface area contributed by atoms with E-state index in [1.807, 2.05) is 12.1 Å². The third kappa shape index (κ3) is 16.6. The van der Waals surface area contributed by atoms with Crippen molar-refractivity contribution in [1.29, 1.82) is 0 Å². The van der Waals surface area contributed by atoms with Crippen molar-refractivity contribution < 1.29 is 65.6 Å². The molecule has 0 saturated carbocycles. The molecule has 1 aromatic carbocycles. The zero-order valence-electron chi connectivity index (χ0n) is 16.1. The van der Waals surface area contributed by atoms with E-state index < -0.39 is 0 Å². The van der Waals surface area contributed by atoms with Crippen LogP contribution in [0.4, 0.5) is 4.39 Å². The number of hydrogen-bond donors (Lipinski definition) is 0. The molecule has 0 radical (unpaired) electrons. The van der Waals surface area contributed by atoms with Crippen LogP contribution in [0.3, 0.4) is 0 Å². The van der Waals surface area contributed by atoms with Crippen LogP contribution in [0.5, 0.6) is 0 Å². The molecule has 0 heterocycles. The number of hydrogen-bond acceptors (Lipinski definition) is 2. The molecule has 4 heteroatoms. The first-order valence-corrected chi connectivity index (χ1v) is 9.73. The third-order valence-electron chi connectivity index (χ3n) is 4.40. The minimum atomic E-state index is -0.147. The average molecular weight is 377 g/mol. The number of aryl methyl sites for hydroxylation is 1. The SMILES string of the molecule is [K+].[O-]CCOCCCCCCCCCCCCCc1ccc(F)cc1. The Bertz CT molecular complexity index is 384. The van der Waals surface area contributed by atoms with E-state index >= 15 is 0 Å². The Kier molecular flexibility index (Phi) is 20.0. The van der Waals surface area contributed by atoms with Gasteiger partial charge in [-0.1, -0.05) is 69.9 Å². The molecule has 25 heavy (non-hydrogen) atoms. The van der Waals surface area contributed by atoms with Crippen LogP contribution in [-0.4, -0.2) is 19.8 Å². The van der Waals surface area contributed by atoms with Gasteiger partial charge in [0.1, 0.15) is 5.82 Å². The standard InChI is InChI=1S/C21H34FO2.K/c22-21-15-13-20(14-16-21)12-10-8-6-4-2-1-3-5-7-9-11-18-24-19-17-23;/h13-16H,1-12,17-19H2;/q-1;+1. The maximum absolute atomic E-state index is 12.8. The maximum atomic E-state index is 12.8. The molecule has 0 aliphatic rings. The quantitative estimate of drug-likeness (QED) is 0.327. The second-order valence-electron chi connectivity index (χ2n) is 6.58. The van der Waals surface area contributed by atoms with Gasteiger partial charge in [0.15, 0.2) is 0 Å². The van der Waals surface area contributed by atoms with Gasteiger partial charge in [0.2, 0.25) is 0 Å². The van der Waals surface area contributed by atoms with Crippen LogP contribution >= 0.6 is 0 Å². The fraction of sp³-hybridized carbons (Fsp3) is 0.714. The van der Waals surface area contributed by atoms with Gasteiger partial charge in [-0.2, -0.15) is 0 Å². The molecular formula is C21H34FKO2. The van der Waals surface area contributed by atoms with Crippen LogP contribution in [-0.2, 0) is 11.2 Å². The first-order valence-electron chi connectivity index (χ1n) is 9.73. The Morgan fingerprint density at radius 2 is 1.16 bits per heavy atom. The second kappa shape index (κ2) is 19.5. The summed E-state index contributed by atoms with van der Waals surface area (Å²) < 4.78 is 18.0. The molecule has 0 fully saturated rings. The number of unbranched alkanes of at least 4 members (excludes halogenated alkanes) is 10. The van der Waals surface area contributed by atoms with E-state index in [1.165, 1.54) is 69.8 Å². The molecule has 0 aromatic heterocycles. The Balaban J connectivity index is 0.00000576. The van der Waals surface area contributed by atoms with Gasteiger partial charge in [-0.05, 0) is 37.0 Å². The monoisotopic (exact) mass is 376 g/mol. The van der Waals surface area contributed by atoms with Gasteiger partial charge in [-0.3, -0.25) is 0 Å². The van der Waals surface area contributed by atoms with Crippen LogP contribution < -0.4 is 56.5 Å². The van der Waals surface area contributed by atoms with Crippen molar-refractivity contribution in [2.24, 2.45) is 0 Å². The molecule has 0 saturated heterocycles. The smallest absolute Gasteiger partial charge is 0.853 e. The topological polar surface area (TPSA) is 32.3 Å². The van der Waals surface area contributed by atoms with Gasteiger partial charge >= 0.3 is 51.4 Å². The Morgan fingerprint density at radius 3 is 1.68 bits per heavy atom. The van der Waals surface area contributed by atoms with Crippen LogP contribution in [0.1, 0.15) is 76.2 Å². The molecule has 0 aliphatic carbocycles. The largest absolute Gasteiger partial charge is 1.00 e. The van der Waals surface area contributed by atoms with Crippen molar-refractivity contribution in [3.63, 3.8) is 0 Å². The van der Waals surface area contributed by atoms with Crippen LogP contribution in [0.2, 0.25) is 0 Å². The summed E-state index contributed by atoms with van der Waals surface area (Å²) in [5.74, 6) is -0.147. The number of ether oxygens (including phenoxy) is 1. The van der Waals surface area contributed by atoms with Crippen LogP contribution in [0.15, 0.2) is 24.3 Å². The predicted octanol–water partition coefficient (Wildman–Crippen LogP) is 2.04. The third-order valence-corrected chi connectivity index (χ3v) is 4.40. The minimum absolute atomic E-state index is 0. The van der Waals surface area contributed by atoms with Gasteiger partial charge in [-0.25, -0.2) is 4.39 Å². The van der Waals surface area contributed by atoms with E-state index in [0.717, 1.165) is 19.4 Å². The molecule has 0 atom stereocenters. The molecule has 0 N–H and O–H groups in total. The summed E-state index contributed by atoms with van der Waals surface area (Å²) >= 11 is 0. The Morgan fingerprint density at radius 1 is 0.680 bits per heavy atom. The molecule has 1 rings (SSSR count). The molecule has 138 valence electrons. The summed E-state index contributed by atoms with van der Waals surface area (Å²) in [6, 6.07) is 6.89. The van der Waals surface area contributed by atoms with Crippen LogP contribution in [0.25, 0.3) is 0 Å². The number of halogens is 1. The van der Waals surface area contributed by atoms with Crippen molar-refractivity contribution in [3.05, 3.63) is 35.6 Å². The van der Waals surface area contributed by atoms with E-state index in [0.29, 0.717) is 6.61 Å². The van der Waals surface area contributed by atoms with E-state index in [-0.39, 0.29) is 63.8 Å². The zero-order chi connectivity index (χ0) is 17.3. The fourth-order valence-electron chi connectivity index (χ4n) is 2.94. The summed E-state index contributed by atoms with van der Waals surface area (Å²) in [7, 11) is 0. The van der Waals surface area contributed by atoms with Gasteiger partial charge in [-0.15, -0.1) is 6.61 Å². The first kappa shape index (κ1) is 25.7. The molecule has 0 spiro atoms. The van der Waals surface area contributed by atoms with Crippen molar-refractivity contribution in [3.8, 4) is 0 Å². The van der Waals surface area contributed by atoms with Gasteiger partial charge in [0, 0.05) is 13.2 Å². The summed E-state index contributed by atoms with van der Waals surface area (Å²) in [4.78, 5) is 0. The van der Waals surface area contributed by atoms with E-state index in [2.05, 4.69) is 0 Å². The zero-order valence-corrected chi connectivity index (χ0v) is 19.2. The summed E-state index contributed by atoms with van der Waals surface area (Å²) in [6.07, 6.45) is 15.2. The summed E-state index contributed by atoms with van der Waals surface area (Å²) in [5, 5.41) is 10.2. The minimum Gasteiger partial charge on any atom is -0.853 e. The van der Waals surface area contributed by atoms with Crippen molar-refractivity contribution in [2.45, 2.75) is 77.0 Å². The van der Waals surface area contributed by atoms with Crippen molar-refractivity contribution in [1.82, 2.24) is 0 Å². The molecule has 0 unspecified atom stereocenters. The van der Waals surface area contributed by atoms with Crippen molar-refractivity contribution in [2.75, 3.05) is 19.8 Å². The molecule has 0 aliphatic heterocycles. The summed E-state index contributed by atoms with van der Waals surface area (Å²) in [5.41, 5.74) is 1.25. The van der Waals surface area contributed by atoms with Gasteiger partial charge in [0.25, 0.3) is 0 Å². The molecule has 0 amide bonds. The normalized spacial score (nSPS) is 10.6. The molecule has 2 nitrogen and oxygen atoms in total.